The molecule has 0 aliphatic heterocycles. The minimum Gasteiger partial charge on any atom is -0.359 e. The van der Waals surface area contributed by atoms with Gasteiger partial charge in [0.25, 0.3) is 0 Å². The van der Waals surface area contributed by atoms with Gasteiger partial charge in [0.2, 0.25) is 0 Å². The summed E-state index contributed by atoms with van der Waals surface area (Å²) in [7, 11) is 0. The Morgan fingerprint density at radius 3 is 2.88 bits per heavy atom. The number of benzene rings is 1. The maximum atomic E-state index is 13.0. The van der Waals surface area contributed by atoms with E-state index in [9.17, 15) is 4.39 Å². The summed E-state index contributed by atoms with van der Waals surface area (Å²) < 4.78 is 14.1. The first-order valence-electron chi connectivity index (χ1n) is 6.14. The van der Waals surface area contributed by atoms with Crippen molar-refractivity contribution in [3.63, 3.8) is 0 Å². The van der Waals surface area contributed by atoms with Crippen molar-refractivity contribution in [3.05, 3.63) is 24.0 Å². The van der Waals surface area contributed by atoms with E-state index < -0.39 is 0 Å². The summed E-state index contributed by atoms with van der Waals surface area (Å²) in [5.74, 6) is -0.216. The quantitative estimate of drug-likeness (QED) is 0.864. The molecule has 17 heavy (non-hydrogen) atoms. The minimum absolute atomic E-state index is 0.216. The van der Waals surface area contributed by atoms with E-state index in [0.29, 0.717) is 6.04 Å². The summed E-state index contributed by atoms with van der Waals surface area (Å²) in [6, 6.07) is 5.34. The van der Waals surface area contributed by atoms with E-state index in [2.05, 4.69) is 10.3 Å². The normalized spacial score (nSPS) is 17.5. The van der Waals surface area contributed by atoms with Gasteiger partial charge in [-0.3, -0.25) is 0 Å². The van der Waals surface area contributed by atoms with Crippen molar-refractivity contribution in [2.45, 2.75) is 38.1 Å². The smallest absolute Gasteiger partial charge is 0.184 e. The number of thiazole rings is 1. The maximum Gasteiger partial charge on any atom is 0.184 e. The van der Waals surface area contributed by atoms with E-state index in [-0.39, 0.29) is 5.82 Å². The van der Waals surface area contributed by atoms with Crippen LogP contribution in [0, 0.1) is 5.82 Å². The summed E-state index contributed by atoms with van der Waals surface area (Å²) >= 11 is 1.61. The van der Waals surface area contributed by atoms with Crippen LogP contribution in [0.3, 0.4) is 0 Å². The van der Waals surface area contributed by atoms with Crippen LogP contribution >= 0.6 is 11.3 Å². The van der Waals surface area contributed by atoms with Gasteiger partial charge in [-0.2, -0.15) is 0 Å². The van der Waals surface area contributed by atoms with Crippen molar-refractivity contribution in [2.24, 2.45) is 0 Å². The van der Waals surface area contributed by atoms with Gasteiger partial charge in [-0.1, -0.05) is 30.6 Å². The lowest BCUT2D eigenvalue weighted by Crippen LogP contribution is -2.21. The molecular formula is C13H15FN2S. The van der Waals surface area contributed by atoms with E-state index in [1.54, 1.807) is 17.4 Å². The van der Waals surface area contributed by atoms with Crippen molar-refractivity contribution >= 4 is 26.7 Å². The first-order valence-corrected chi connectivity index (χ1v) is 6.95. The van der Waals surface area contributed by atoms with Gasteiger partial charge in [0, 0.05) is 12.1 Å². The van der Waals surface area contributed by atoms with Crippen molar-refractivity contribution < 1.29 is 4.39 Å². The van der Waals surface area contributed by atoms with Crippen LogP contribution in [0.5, 0.6) is 0 Å². The molecule has 1 aromatic carbocycles. The monoisotopic (exact) mass is 250 g/mol. The van der Waals surface area contributed by atoms with Gasteiger partial charge in [0.05, 0.1) is 10.2 Å². The summed E-state index contributed by atoms with van der Waals surface area (Å²) in [6.07, 6.45) is 6.41. The van der Waals surface area contributed by atoms with Gasteiger partial charge in [-0.15, -0.1) is 0 Å². The highest BCUT2D eigenvalue weighted by atomic mass is 32.1. The number of anilines is 1. The molecule has 1 aliphatic rings. The summed E-state index contributed by atoms with van der Waals surface area (Å²) in [5, 5.41) is 4.40. The fraction of sp³-hybridized carbons (Fsp3) is 0.462. The van der Waals surface area contributed by atoms with Crippen LogP contribution in [-0.4, -0.2) is 11.0 Å². The zero-order chi connectivity index (χ0) is 11.7. The number of nitrogens with zero attached hydrogens (tertiary/aromatic N) is 1. The Morgan fingerprint density at radius 2 is 2.06 bits per heavy atom. The Bertz CT molecular complexity index is 517. The average Bonchev–Trinajstić information content (AvgIpc) is 2.71. The van der Waals surface area contributed by atoms with Gasteiger partial charge < -0.3 is 5.32 Å². The molecule has 0 radical (unpaired) electrons. The molecule has 0 amide bonds. The highest BCUT2D eigenvalue weighted by molar-refractivity contribution is 7.22. The second-order valence-electron chi connectivity index (χ2n) is 4.61. The fourth-order valence-corrected chi connectivity index (χ4v) is 3.31. The molecule has 4 heteroatoms. The molecule has 0 unspecified atom stereocenters. The first kappa shape index (κ1) is 11.0. The molecule has 2 aromatic rings. The topological polar surface area (TPSA) is 24.9 Å². The van der Waals surface area contributed by atoms with Crippen molar-refractivity contribution in [1.82, 2.24) is 4.98 Å². The molecule has 0 saturated heterocycles. The van der Waals surface area contributed by atoms with Crippen LogP contribution in [-0.2, 0) is 0 Å². The van der Waals surface area contributed by atoms with Crippen molar-refractivity contribution in [2.75, 3.05) is 5.32 Å². The third kappa shape index (κ3) is 2.41. The fourth-order valence-electron chi connectivity index (χ4n) is 2.38. The van der Waals surface area contributed by atoms with E-state index in [1.165, 1.54) is 44.2 Å². The van der Waals surface area contributed by atoms with Gasteiger partial charge in [-0.05, 0) is 25.0 Å². The lowest BCUT2D eigenvalue weighted by atomic mass is 9.96. The van der Waals surface area contributed by atoms with E-state index in [1.807, 2.05) is 0 Å². The molecule has 0 bridgehead atoms. The number of halogens is 1. The summed E-state index contributed by atoms with van der Waals surface area (Å²) in [6.45, 7) is 0. The largest absolute Gasteiger partial charge is 0.359 e. The number of rotatable bonds is 2. The molecule has 3 rings (SSSR count). The van der Waals surface area contributed by atoms with E-state index in [4.69, 9.17) is 0 Å². The molecule has 2 nitrogen and oxygen atoms in total. The Kier molecular flexibility index (Phi) is 2.97. The van der Waals surface area contributed by atoms with Gasteiger partial charge in [0.1, 0.15) is 5.82 Å². The van der Waals surface area contributed by atoms with E-state index in [0.717, 1.165) is 15.3 Å². The lowest BCUT2D eigenvalue weighted by Gasteiger charge is -2.22. The maximum absolute atomic E-state index is 13.0. The SMILES string of the molecule is Fc1ccc2sc(NC3CCCCC3)nc2c1. The molecule has 0 spiro atoms. The second kappa shape index (κ2) is 4.61. The van der Waals surface area contributed by atoms with Crippen molar-refractivity contribution in [3.8, 4) is 0 Å². The van der Waals surface area contributed by atoms with Crippen LogP contribution < -0.4 is 5.32 Å². The number of hydrogen-bond donors (Lipinski definition) is 1. The Morgan fingerprint density at radius 1 is 1.24 bits per heavy atom. The van der Waals surface area contributed by atoms with Crippen molar-refractivity contribution in [1.29, 1.82) is 0 Å². The standard InChI is InChI=1S/C13H15FN2S/c14-9-6-7-12-11(8-9)16-13(17-12)15-10-4-2-1-3-5-10/h6-8,10H,1-5H2,(H,15,16). The molecule has 1 N–H and O–H groups in total. The number of hydrogen-bond acceptors (Lipinski definition) is 3. The second-order valence-corrected chi connectivity index (χ2v) is 5.64. The number of aromatic nitrogens is 1. The Hall–Kier alpha value is -1.16. The van der Waals surface area contributed by atoms with Crippen LogP contribution in [0.4, 0.5) is 9.52 Å². The number of fused-ring (bicyclic) bond motifs is 1. The molecular weight excluding hydrogens is 235 g/mol. The van der Waals surface area contributed by atoms with Gasteiger partial charge in [-0.25, -0.2) is 9.37 Å². The summed E-state index contributed by atoms with van der Waals surface area (Å²) in [4.78, 5) is 4.44. The van der Waals surface area contributed by atoms with Crippen LogP contribution in [0.15, 0.2) is 18.2 Å². The molecule has 1 aromatic heterocycles. The van der Waals surface area contributed by atoms with Gasteiger partial charge >= 0.3 is 0 Å². The molecule has 1 fully saturated rings. The van der Waals surface area contributed by atoms with Gasteiger partial charge in [0.15, 0.2) is 5.13 Å². The molecule has 1 aliphatic carbocycles. The highest BCUT2D eigenvalue weighted by Crippen LogP contribution is 2.29. The average molecular weight is 250 g/mol. The highest BCUT2D eigenvalue weighted by Gasteiger charge is 2.14. The van der Waals surface area contributed by atoms with Crippen LogP contribution in [0.2, 0.25) is 0 Å². The third-order valence-corrected chi connectivity index (χ3v) is 4.25. The molecule has 1 heterocycles. The van der Waals surface area contributed by atoms with E-state index >= 15 is 0 Å². The molecule has 0 atom stereocenters. The zero-order valence-electron chi connectivity index (χ0n) is 9.58. The lowest BCUT2D eigenvalue weighted by molar-refractivity contribution is 0.462. The first-order chi connectivity index (χ1) is 8.31. The van der Waals surface area contributed by atoms with Crippen LogP contribution in [0.1, 0.15) is 32.1 Å². The number of nitrogens with one attached hydrogen (secondary N) is 1. The predicted octanol–water partition coefficient (Wildman–Crippen LogP) is 4.18. The predicted molar refractivity (Wildman–Crippen MR) is 70.1 cm³/mol. The minimum atomic E-state index is -0.216. The van der Waals surface area contributed by atoms with Crippen LogP contribution in [0.25, 0.3) is 10.2 Å². The third-order valence-electron chi connectivity index (χ3n) is 3.28. The Labute approximate surface area is 104 Å². The summed E-state index contributed by atoms with van der Waals surface area (Å²) in [5.41, 5.74) is 0.758. The molecule has 1 saturated carbocycles. The zero-order valence-corrected chi connectivity index (χ0v) is 10.4. The molecule has 90 valence electrons. The Balaban J connectivity index is 1.80.